The highest BCUT2D eigenvalue weighted by Crippen LogP contribution is 2.19. The number of rotatable bonds is 4. The molecule has 1 heterocycles. The van der Waals surface area contributed by atoms with Crippen molar-refractivity contribution < 1.29 is 9.72 Å². The molecule has 0 bridgehead atoms. The van der Waals surface area contributed by atoms with Crippen LogP contribution >= 0.6 is 15.9 Å². The number of amides is 1. The number of benzene rings is 1. The zero-order chi connectivity index (χ0) is 13.8. The van der Waals surface area contributed by atoms with Crippen LogP contribution in [0.3, 0.4) is 0 Å². The van der Waals surface area contributed by atoms with Crippen LogP contribution in [0.1, 0.15) is 16.1 Å². The molecular weight excluding hydrogens is 314 g/mol. The van der Waals surface area contributed by atoms with E-state index >= 15 is 0 Å². The van der Waals surface area contributed by atoms with Gasteiger partial charge in [-0.05, 0) is 22.6 Å². The molecule has 1 aromatic heterocycles. The van der Waals surface area contributed by atoms with E-state index in [4.69, 9.17) is 0 Å². The van der Waals surface area contributed by atoms with E-state index in [1.807, 2.05) is 12.1 Å². The number of para-hydroxylation sites is 1. The number of carbonyl (C=O) groups is 1. The molecule has 98 valence electrons. The van der Waals surface area contributed by atoms with Gasteiger partial charge in [-0.15, -0.1) is 0 Å². The Hall–Kier alpha value is -2.15. The van der Waals surface area contributed by atoms with Crippen molar-refractivity contribution in [2.45, 2.75) is 5.33 Å². The second-order valence-corrected chi connectivity index (χ2v) is 4.32. The summed E-state index contributed by atoms with van der Waals surface area (Å²) in [6, 6.07) is 9.95. The fourth-order valence-electron chi connectivity index (χ4n) is 1.57. The number of nitrogens with zero attached hydrogens (tertiary/aromatic N) is 1. The molecule has 1 aromatic carbocycles. The Morgan fingerprint density at radius 3 is 2.68 bits per heavy atom. The third-order valence-corrected chi connectivity index (χ3v) is 3.13. The maximum absolute atomic E-state index is 11.9. The number of hydrogen-bond donors (Lipinski definition) is 2. The molecule has 0 aliphatic carbocycles. The van der Waals surface area contributed by atoms with Gasteiger partial charge < -0.3 is 15.4 Å². The van der Waals surface area contributed by atoms with Gasteiger partial charge in [-0.1, -0.05) is 34.1 Å². The average Bonchev–Trinajstić information content (AvgIpc) is 2.89. The molecule has 6 nitrogen and oxygen atoms in total. The largest absolute Gasteiger partial charge is 0.358 e. The van der Waals surface area contributed by atoms with Gasteiger partial charge in [0.15, 0.2) is 5.69 Å². The summed E-state index contributed by atoms with van der Waals surface area (Å²) in [6.07, 6.45) is 0. The normalized spacial score (nSPS) is 10.2. The van der Waals surface area contributed by atoms with Gasteiger partial charge in [-0.2, -0.15) is 0 Å². The van der Waals surface area contributed by atoms with E-state index in [1.165, 1.54) is 12.1 Å². The standard InChI is InChI=1S/C12H10BrN3O3/c13-7-8-3-1-2-4-9(8)15-12(17)10-5-6-11(14-10)16(18)19/h1-6,14H,7H2,(H,15,17). The van der Waals surface area contributed by atoms with Crippen LogP contribution in [0.4, 0.5) is 11.5 Å². The molecule has 0 spiro atoms. The van der Waals surface area contributed by atoms with Crippen molar-refractivity contribution in [2.75, 3.05) is 5.32 Å². The van der Waals surface area contributed by atoms with E-state index in [1.54, 1.807) is 12.1 Å². The summed E-state index contributed by atoms with van der Waals surface area (Å²) >= 11 is 3.33. The number of aromatic amines is 1. The molecule has 2 aromatic rings. The summed E-state index contributed by atoms with van der Waals surface area (Å²) in [5, 5.41) is 13.8. The van der Waals surface area contributed by atoms with Crippen molar-refractivity contribution in [3.63, 3.8) is 0 Å². The van der Waals surface area contributed by atoms with Gasteiger partial charge in [0.1, 0.15) is 0 Å². The predicted octanol–water partition coefficient (Wildman–Crippen LogP) is 3.07. The summed E-state index contributed by atoms with van der Waals surface area (Å²) in [6.45, 7) is 0. The van der Waals surface area contributed by atoms with Crippen LogP contribution in [0.15, 0.2) is 36.4 Å². The van der Waals surface area contributed by atoms with Gasteiger partial charge >= 0.3 is 5.82 Å². The maximum Gasteiger partial charge on any atom is 0.321 e. The third-order valence-electron chi connectivity index (χ3n) is 2.52. The zero-order valence-corrected chi connectivity index (χ0v) is 11.3. The Labute approximate surface area is 117 Å². The number of halogens is 1. The number of anilines is 1. The molecule has 2 rings (SSSR count). The van der Waals surface area contributed by atoms with Crippen molar-refractivity contribution in [2.24, 2.45) is 0 Å². The summed E-state index contributed by atoms with van der Waals surface area (Å²) < 4.78 is 0. The highest BCUT2D eigenvalue weighted by atomic mass is 79.9. The van der Waals surface area contributed by atoms with Crippen LogP contribution in [0.2, 0.25) is 0 Å². The Balaban J connectivity index is 2.18. The molecule has 19 heavy (non-hydrogen) atoms. The van der Waals surface area contributed by atoms with Crippen LogP contribution in [-0.2, 0) is 5.33 Å². The summed E-state index contributed by atoms with van der Waals surface area (Å²) in [5.41, 5.74) is 1.75. The number of alkyl halides is 1. The molecule has 0 aliphatic heterocycles. The number of hydrogen-bond acceptors (Lipinski definition) is 3. The van der Waals surface area contributed by atoms with Gasteiger partial charge in [0.05, 0.1) is 0 Å². The molecule has 0 fully saturated rings. The monoisotopic (exact) mass is 323 g/mol. The SMILES string of the molecule is O=C(Nc1ccccc1CBr)c1ccc([N+](=O)[O-])[nH]1. The smallest absolute Gasteiger partial charge is 0.321 e. The summed E-state index contributed by atoms with van der Waals surface area (Å²) in [5.74, 6) is -0.625. The maximum atomic E-state index is 11.9. The molecule has 1 amide bonds. The van der Waals surface area contributed by atoms with E-state index in [0.29, 0.717) is 11.0 Å². The van der Waals surface area contributed by atoms with Gasteiger partial charge in [-0.25, -0.2) is 4.98 Å². The first-order chi connectivity index (χ1) is 9.11. The Bertz CT molecular complexity index is 624. The fraction of sp³-hybridized carbons (Fsp3) is 0.0833. The van der Waals surface area contributed by atoms with E-state index < -0.39 is 10.8 Å². The molecule has 0 radical (unpaired) electrons. The van der Waals surface area contributed by atoms with Gasteiger partial charge in [0.25, 0.3) is 5.91 Å². The van der Waals surface area contributed by atoms with Crippen molar-refractivity contribution in [3.05, 3.63) is 57.8 Å². The van der Waals surface area contributed by atoms with Crippen molar-refractivity contribution in [1.29, 1.82) is 0 Å². The van der Waals surface area contributed by atoms with Crippen LogP contribution in [-0.4, -0.2) is 15.8 Å². The minimum atomic E-state index is -0.580. The summed E-state index contributed by atoms with van der Waals surface area (Å²) in [7, 11) is 0. The molecule has 0 aliphatic rings. The fourth-order valence-corrected chi connectivity index (χ4v) is 2.06. The first kappa shape index (κ1) is 13.3. The second-order valence-electron chi connectivity index (χ2n) is 3.76. The minimum Gasteiger partial charge on any atom is -0.358 e. The second kappa shape index (κ2) is 5.66. The highest BCUT2D eigenvalue weighted by Gasteiger charge is 2.16. The Morgan fingerprint density at radius 1 is 1.32 bits per heavy atom. The molecule has 0 atom stereocenters. The number of nitro groups is 1. The third kappa shape index (κ3) is 3.00. The van der Waals surface area contributed by atoms with Crippen molar-refractivity contribution in [1.82, 2.24) is 4.98 Å². The van der Waals surface area contributed by atoms with Crippen LogP contribution in [0, 0.1) is 10.1 Å². The lowest BCUT2D eigenvalue weighted by atomic mass is 10.2. The molecule has 0 saturated heterocycles. The van der Waals surface area contributed by atoms with Crippen LogP contribution < -0.4 is 5.32 Å². The topological polar surface area (TPSA) is 88.0 Å². The molecule has 0 unspecified atom stereocenters. The van der Waals surface area contributed by atoms with Crippen molar-refractivity contribution in [3.8, 4) is 0 Å². The van der Waals surface area contributed by atoms with Crippen molar-refractivity contribution >= 4 is 33.3 Å². The lowest BCUT2D eigenvalue weighted by Crippen LogP contribution is -2.13. The Morgan fingerprint density at radius 2 is 2.05 bits per heavy atom. The highest BCUT2D eigenvalue weighted by molar-refractivity contribution is 9.08. The molecule has 7 heteroatoms. The van der Waals surface area contributed by atoms with E-state index in [2.05, 4.69) is 26.2 Å². The van der Waals surface area contributed by atoms with Crippen LogP contribution in [0.5, 0.6) is 0 Å². The van der Waals surface area contributed by atoms with Gasteiger partial charge in [0, 0.05) is 17.1 Å². The molecule has 0 saturated carbocycles. The summed E-state index contributed by atoms with van der Waals surface area (Å²) in [4.78, 5) is 24.3. The average molecular weight is 324 g/mol. The number of H-pyrrole nitrogens is 1. The number of nitrogens with one attached hydrogen (secondary N) is 2. The minimum absolute atomic E-state index is 0.149. The van der Waals surface area contributed by atoms with E-state index in [0.717, 1.165) is 5.56 Å². The quantitative estimate of drug-likeness (QED) is 0.515. The van der Waals surface area contributed by atoms with E-state index in [-0.39, 0.29) is 11.5 Å². The molecule has 2 N–H and O–H groups in total. The first-order valence-electron chi connectivity index (χ1n) is 5.40. The number of carbonyl (C=O) groups excluding carboxylic acids is 1. The predicted molar refractivity (Wildman–Crippen MR) is 74.5 cm³/mol. The zero-order valence-electron chi connectivity index (χ0n) is 9.72. The molecular formula is C12H10BrN3O3. The first-order valence-corrected chi connectivity index (χ1v) is 6.52. The van der Waals surface area contributed by atoms with Gasteiger partial charge in [-0.3, -0.25) is 4.79 Å². The number of aromatic nitrogens is 1. The lowest BCUT2D eigenvalue weighted by Gasteiger charge is -2.07. The Kier molecular flexibility index (Phi) is 3.96. The van der Waals surface area contributed by atoms with Crippen LogP contribution in [0.25, 0.3) is 0 Å². The van der Waals surface area contributed by atoms with Gasteiger partial charge in [0.2, 0.25) is 0 Å². The lowest BCUT2D eigenvalue weighted by molar-refractivity contribution is -0.389. The van der Waals surface area contributed by atoms with E-state index in [9.17, 15) is 14.9 Å².